The smallest absolute Gasteiger partial charge is 0.232 e. The number of ether oxygens (including phenoxy) is 3. The van der Waals surface area contributed by atoms with Gasteiger partial charge in [0.25, 0.3) is 0 Å². The van der Waals surface area contributed by atoms with Crippen LogP contribution in [0.3, 0.4) is 0 Å². The number of fused-ring (bicyclic) bond motifs is 3. The number of carbonyl (C=O) groups is 1. The molecule has 1 fully saturated rings. The highest BCUT2D eigenvalue weighted by Crippen LogP contribution is 2.42. The lowest BCUT2D eigenvalue weighted by molar-refractivity contribution is 0.0329. The van der Waals surface area contributed by atoms with Crippen LogP contribution in [0.4, 0.5) is 0 Å². The molecule has 3 aliphatic heterocycles. The molecule has 3 aliphatic rings. The van der Waals surface area contributed by atoms with Crippen LogP contribution in [0.25, 0.3) is 6.08 Å². The second-order valence-electron chi connectivity index (χ2n) is 7.51. The van der Waals surface area contributed by atoms with E-state index in [4.69, 9.17) is 18.6 Å². The maximum Gasteiger partial charge on any atom is 0.232 e. The third-order valence-electron chi connectivity index (χ3n) is 5.55. The highest BCUT2D eigenvalue weighted by Gasteiger charge is 2.33. The van der Waals surface area contributed by atoms with E-state index < -0.39 is 0 Å². The lowest BCUT2D eigenvalue weighted by atomic mass is 10.0. The third-order valence-corrected chi connectivity index (χ3v) is 5.55. The van der Waals surface area contributed by atoms with Gasteiger partial charge in [-0.2, -0.15) is 0 Å². The Balaban J connectivity index is 1.27. The zero-order valence-electron chi connectivity index (χ0n) is 16.3. The lowest BCUT2D eigenvalue weighted by Gasteiger charge is -2.31. The van der Waals surface area contributed by atoms with E-state index in [0.29, 0.717) is 30.3 Å². The van der Waals surface area contributed by atoms with Crippen LogP contribution in [-0.4, -0.2) is 61.7 Å². The molecule has 152 valence electrons. The molecule has 0 atom stereocenters. The topological polar surface area (TPSA) is 64.4 Å². The molecule has 1 saturated heterocycles. The Labute approximate surface area is 169 Å². The third kappa shape index (κ3) is 3.81. The van der Waals surface area contributed by atoms with E-state index in [-0.39, 0.29) is 11.5 Å². The first-order valence-corrected chi connectivity index (χ1v) is 10.1. The van der Waals surface area contributed by atoms with E-state index in [9.17, 15) is 4.79 Å². The van der Waals surface area contributed by atoms with E-state index >= 15 is 0 Å². The van der Waals surface area contributed by atoms with Crippen molar-refractivity contribution in [3.05, 3.63) is 53.2 Å². The molecule has 4 heterocycles. The van der Waals surface area contributed by atoms with Crippen molar-refractivity contribution in [2.45, 2.75) is 13.0 Å². The van der Waals surface area contributed by atoms with Gasteiger partial charge in [0.05, 0.1) is 30.6 Å². The molecule has 7 heteroatoms. The highest BCUT2D eigenvalue weighted by atomic mass is 16.5. The number of ketones is 1. The summed E-state index contributed by atoms with van der Waals surface area (Å²) in [6.45, 7) is 6.92. The van der Waals surface area contributed by atoms with Gasteiger partial charge in [0, 0.05) is 32.3 Å². The van der Waals surface area contributed by atoms with Crippen LogP contribution < -0.4 is 9.47 Å². The Morgan fingerprint density at radius 3 is 2.76 bits per heavy atom. The summed E-state index contributed by atoms with van der Waals surface area (Å²) in [6.07, 6.45) is 4.28. The van der Waals surface area contributed by atoms with Crippen molar-refractivity contribution in [3.63, 3.8) is 0 Å². The summed E-state index contributed by atoms with van der Waals surface area (Å²) in [5.41, 5.74) is 1.52. The zero-order chi connectivity index (χ0) is 19.6. The van der Waals surface area contributed by atoms with Crippen molar-refractivity contribution in [1.82, 2.24) is 9.80 Å². The largest absolute Gasteiger partial charge is 0.478 e. The van der Waals surface area contributed by atoms with Crippen molar-refractivity contribution in [3.8, 4) is 11.5 Å². The molecule has 0 N–H and O–H groups in total. The van der Waals surface area contributed by atoms with Gasteiger partial charge in [0.1, 0.15) is 24.0 Å². The normalized spacial score (nSPS) is 21.0. The Morgan fingerprint density at radius 2 is 1.93 bits per heavy atom. The summed E-state index contributed by atoms with van der Waals surface area (Å²) >= 11 is 0. The SMILES string of the molecule is O=C1/C(=C/c2ccco2)Oc2c1ccc1c2CN(CCCN2CCOCC2)CO1. The average Bonchev–Trinajstić information content (AvgIpc) is 3.38. The predicted octanol–water partition coefficient (Wildman–Crippen LogP) is 2.77. The van der Waals surface area contributed by atoms with Crippen molar-refractivity contribution >= 4 is 11.9 Å². The Hall–Kier alpha value is -2.61. The van der Waals surface area contributed by atoms with Crippen LogP contribution in [0.5, 0.6) is 11.5 Å². The first kappa shape index (κ1) is 18.4. The first-order valence-electron chi connectivity index (χ1n) is 10.1. The average molecular weight is 396 g/mol. The van der Waals surface area contributed by atoms with Crippen molar-refractivity contribution < 1.29 is 23.4 Å². The number of rotatable bonds is 5. The van der Waals surface area contributed by atoms with Crippen LogP contribution >= 0.6 is 0 Å². The van der Waals surface area contributed by atoms with E-state index in [0.717, 1.165) is 57.1 Å². The molecule has 0 bridgehead atoms. The first-order chi connectivity index (χ1) is 14.3. The lowest BCUT2D eigenvalue weighted by Crippen LogP contribution is -2.39. The number of allylic oxidation sites excluding steroid dienone is 1. The quantitative estimate of drug-likeness (QED) is 0.720. The Kier molecular flexibility index (Phi) is 5.10. The summed E-state index contributed by atoms with van der Waals surface area (Å²) < 4.78 is 22.6. The molecular formula is C22H24N2O5. The van der Waals surface area contributed by atoms with Gasteiger partial charge in [0.15, 0.2) is 5.76 Å². The van der Waals surface area contributed by atoms with E-state index in [1.165, 1.54) is 0 Å². The number of benzene rings is 1. The van der Waals surface area contributed by atoms with Gasteiger partial charge in [0.2, 0.25) is 5.78 Å². The van der Waals surface area contributed by atoms with Crippen molar-refractivity contribution in [2.75, 3.05) is 46.1 Å². The van der Waals surface area contributed by atoms with Gasteiger partial charge in [-0.05, 0) is 37.2 Å². The molecule has 2 aromatic rings. The number of Topliss-reactive ketones (excluding diaryl/α,β-unsaturated/α-hetero) is 1. The Bertz CT molecular complexity index is 916. The molecule has 0 amide bonds. The molecule has 0 saturated carbocycles. The number of carbonyl (C=O) groups excluding carboxylic acids is 1. The molecular weight excluding hydrogens is 372 g/mol. The summed E-state index contributed by atoms with van der Waals surface area (Å²) in [5.74, 6) is 2.16. The van der Waals surface area contributed by atoms with Gasteiger partial charge in [-0.3, -0.25) is 14.6 Å². The standard InChI is InChI=1S/C22H24N2O5/c25-21-17-4-5-19-18(22(17)29-20(21)13-16-3-1-10-27-16)14-24(15-28-19)7-2-6-23-8-11-26-12-9-23/h1,3-5,10,13H,2,6-9,11-12,14-15H2/b20-13-. The maximum atomic E-state index is 12.7. The van der Waals surface area contributed by atoms with Gasteiger partial charge in [-0.25, -0.2) is 0 Å². The van der Waals surface area contributed by atoms with E-state index in [1.54, 1.807) is 30.5 Å². The van der Waals surface area contributed by atoms with Crippen LogP contribution in [-0.2, 0) is 11.3 Å². The molecule has 0 unspecified atom stereocenters. The van der Waals surface area contributed by atoms with Crippen molar-refractivity contribution in [1.29, 1.82) is 0 Å². The number of morpholine rings is 1. The number of nitrogens with zero attached hydrogens (tertiary/aromatic N) is 2. The molecule has 7 nitrogen and oxygen atoms in total. The maximum absolute atomic E-state index is 12.7. The molecule has 0 aliphatic carbocycles. The number of hydrogen-bond donors (Lipinski definition) is 0. The van der Waals surface area contributed by atoms with E-state index in [2.05, 4.69) is 9.80 Å². The zero-order valence-corrected chi connectivity index (χ0v) is 16.3. The fourth-order valence-corrected chi connectivity index (χ4v) is 3.99. The van der Waals surface area contributed by atoms with Crippen LogP contribution in [0, 0.1) is 0 Å². The highest BCUT2D eigenvalue weighted by molar-refractivity contribution is 6.14. The minimum atomic E-state index is -0.122. The molecule has 29 heavy (non-hydrogen) atoms. The van der Waals surface area contributed by atoms with Gasteiger partial charge in [-0.1, -0.05) is 0 Å². The summed E-state index contributed by atoms with van der Waals surface area (Å²) in [6, 6.07) is 7.23. The monoisotopic (exact) mass is 396 g/mol. The summed E-state index contributed by atoms with van der Waals surface area (Å²) in [7, 11) is 0. The second kappa shape index (κ2) is 8.02. The van der Waals surface area contributed by atoms with Crippen molar-refractivity contribution in [2.24, 2.45) is 0 Å². The van der Waals surface area contributed by atoms with E-state index in [1.807, 2.05) is 6.07 Å². The minimum Gasteiger partial charge on any atom is -0.478 e. The summed E-state index contributed by atoms with van der Waals surface area (Å²) in [5, 5.41) is 0. The van der Waals surface area contributed by atoms with Crippen LogP contribution in [0.1, 0.15) is 28.1 Å². The predicted molar refractivity (Wildman–Crippen MR) is 106 cm³/mol. The second-order valence-corrected chi connectivity index (χ2v) is 7.51. The van der Waals surface area contributed by atoms with Gasteiger partial charge in [-0.15, -0.1) is 0 Å². The Morgan fingerprint density at radius 1 is 1.07 bits per heavy atom. The van der Waals surface area contributed by atoms with Gasteiger partial charge < -0.3 is 18.6 Å². The molecule has 1 aromatic heterocycles. The molecule has 1 aromatic carbocycles. The molecule has 0 radical (unpaired) electrons. The fraction of sp³-hybridized carbons (Fsp3) is 0.409. The number of furan rings is 1. The minimum absolute atomic E-state index is 0.122. The fourth-order valence-electron chi connectivity index (χ4n) is 3.99. The van der Waals surface area contributed by atoms with Crippen LogP contribution in [0.15, 0.2) is 40.7 Å². The molecule has 5 rings (SSSR count). The summed E-state index contributed by atoms with van der Waals surface area (Å²) in [4.78, 5) is 17.4. The van der Waals surface area contributed by atoms with Crippen LogP contribution in [0.2, 0.25) is 0 Å². The molecule has 0 spiro atoms. The van der Waals surface area contributed by atoms with Gasteiger partial charge >= 0.3 is 0 Å². The number of hydrogen-bond acceptors (Lipinski definition) is 7.